The molecule has 1 N–H and O–H groups in total. The van der Waals surface area contributed by atoms with E-state index in [9.17, 15) is 9.59 Å². The van der Waals surface area contributed by atoms with Gasteiger partial charge in [-0.15, -0.1) is 0 Å². The van der Waals surface area contributed by atoms with Crippen molar-refractivity contribution in [1.29, 1.82) is 0 Å². The molecule has 6 heteroatoms. The van der Waals surface area contributed by atoms with Crippen LogP contribution in [0, 0.1) is 5.92 Å². The van der Waals surface area contributed by atoms with Crippen molar-refractivity contribution in [3.63, 3.8) is 0 Å². The first kappa shape index (κ1) is 20.7. The summed E-state index contributed by atoms with van der Waals surface area (Å²) in [5, 5.41) is 2.71. The second-order valence-corrected chi connectivity index (χ2v) is 7.90. The average Bonchev–Trinajstić information content (AvgIpc) is 2.48. The molecule has 0 aromatic carbocycles. The molecule has 1 fully saturated rings. The number of ether oxygens (including phenoxy) is 2. The molecule has 1 heterocycles. The molecule has 140 valence electrons. The first-order valence-corrected chi connectivity index (χ1v) is 8.96. The van der Waals surface area contributed by atoms with E-state index in [0.29, 0.717) is 6.54 Å². The number of hydrogen-bond acceptors (Lipinski definition) is 4. The summed E-state index contributed by atoms with van der Waals surface area (Å²) in [5.41, 5.74) is -0.584. The van der Waals surface area contributed by atoms with Crippen molar-refractivity contribution in [2.75, 3.05) is 20.2 Å². The maximum Gasteiger partial charge on any atom is 0.408 e. The molecule has 1 aliphatic rings. The van der Waals surface area contributed by atoms with E-state index >= 15 is 0 Å². The summed E-state index contributed by atoms with van der Waals surface area (Å²) in [6.45, 7) is 10.7. The second-order valence-electron chi connectivity index (χ2n) is 7.90. The van der Waals surface area contributed by atoms with Crippen LogP contribution in [0.1, 0.15) is 60.3 Å². The number of nitrogens with one attached hydrogen (secondary N) is 1. The van der Waals surface area contributed by atoms with Gasteiger partial charge >= 0.3 is 6.09 Å². The summed E-state index contributed by atoms with van der Waals surface area (Å²) in [4.78, 5) is 26.3. The fourth-order valence-electron chi connectivity index (χ4n) is 2.67. The van der Waals surface area contributed by atoms with E-state index in [1.54, 1.807) is 32.7 Å². The van der Waals surface area contributed by atoms with Gasteiger partial charge in [0.25, 0.3) is 0 Å². The summed E-state index contributed by atoms with van der Waals surface area (Å²) in [5.74, 6) is -0.106. The van der Waals surface area contributed by atoms with Crippen LogP contribution >= 0.6 is 0 Å². The number of rotatable bonds is 6. The lowest BCUT2D eigenvalue weighted by molar-refractivity contribution is -0.133. The number of hydrogen-bond donors (Lipinski definition) is 1. The van der Waals surface area contributed by atoms with Crippen molar-refractivity contribution in [3.8, 4) is 0 Å². The van der Waals surface area contributed by atoms with Gasteiger partial charge in [-0.2, -0.15) is 0 Å². The molecule has 2 atom stereocenters. The SMILES string of the molecule is CC(C)C(NC(=O)OC(C)(C)C)C(=O)N(C)CCC1CCCCO1. The second kappa shape index (κ2) is 9.25. The van der Waals surface area contributed by atoms with Crippen molar-refractivity contribution in [3.05, 3.63) is 0 Å². The molecule has 1 aliphatic heterocycles. The fraction of sp³-hybridized carbons (Fsp3) is 0.889. The number of amides is 2. The summed E-state index contributed by atoms with van der Waals surface area (Å²) in [7, 11) is 1.78. The van der Waals surface area contributed by atoms with Crippen LogP contribution < -0.4 is 5.32 Å². The molecule has 0 radical (unpaired) electrons. The molecule has 2 amide bonds. The van der Waals surface area contributed by atoms with Crippen molar-refractivity contribution < 1.29 is 19.1 Å². The van der Waals surface area contributed by atoms with Gasteiger partial charge in [-0.25, -0.2) is 4.79 Å². The Morgan fingerprint density at radius 3 is 2.46 bits per heavy atom. The zero-order valence-electron chi connectivity index (χ0n) is 16.1. The van der Waals surface area contributed by atoms with Crippen LogP contribution in [0.25, 0.3) is 0 Å². The molecule has 1 rings (SSSR count). The maximum atomic E-state index is 12.7. The summed E-state index contributed by atoms with van der Waals surface area (Å²) in [6, 6.07) is -0.586. The van der Waals surface area contributed by atoms with E-state index in [1.807, 2.05) is 13.8 Å². The molecule has 0 aromatic rings. The lowest BCUT2D eigenvalue weighted by atomic mass is 10.0. The minimum absolute atomic E-state index is 0.0154. The van der Waals surface area contributed by atoms with E-state index in [0.717, 1.165) is 25.9 Å². The van der Waals surface area contributed by atoms with Gasteiger partial charge in [-0.1, -0.05) is 13.8 Å². The van der Waals surface area contributed by atoms with Crippen LogP contribution in [0.5, 0.6) is 0 Å². The van der Waals surface area contributed by atoms with Crippen molar-refractivity contribution in [1.82, 2.24) is 10.2 Å². The number of carbonyl (C=O) groups is 2. The number of likely N-dealkylation sites (N-methyl/N-ethyl adjacent to an activating group) is 1. The monoisotopic (exact) mass is 342 g/mol. The highest BCUT2D eigenvalue weighted by molar-refractivity contribution is 5.85. The Hall–Kier alpha value is -1.30. The standard InChI is InChI=1S/C18H34N2O4/c1-13(2)15(19-17(22)24-18(3,4)5)16(21)20(6)11-10-14-9-7-8-12-23-14/h13-15H,7-12H2,1-6H3,(H,19,22). The molecule has 24 heavy (non-hydrogen) atoms. The van der Waals surface area contributed by atoms with E-state index in [1.165, 1.54) is 6.42 Å². The van der Waals surface area contributed by atoms with Gasteiger partial charge in [0, 0.05) is 20.2 Å². The molecule has 0 saturated carbocycles. The molecular weight excluding hydrogens is 308 g/mol. The quantitative estimate of drug-likeness (QED) is 0.806. The van der Waals surface area contributed by atoms with Gasteiger partial charge in [0.1, 0.15) is 11.6 Å². The lowest BCUT2D eigenvalue weighted by Gasteiger charge is -2.30. The van der Waals surface area contributed by atoms with Crippen LogP contribution in [0.4, 0.5) is 4.79 Å². The van der Waals surface area contributed by atoms with Crippen molar-refractivity contribution in [2.45, 2.75) is 78.0 Å². The summed E-state index contributed by atoms with van der Waals surface area (Å²) >= 11 is 0. The van der Waals surface area contributed by atoms with Gasteiger partial charge < -0.3 is 19.7 Å². The van der Waals surface area contributed by atoms with Crippen LogP contribution in [0.3, 0.4) is 0 Å². The highest BCUT2D eigenvalue weighted by Crippen LogP contribution is 2.16. The maximum absolute atomic E-state index is 12.7. The third kappa shape index (κ3) is 7.51. The largest absolute Gasteiger partial charge is 0.444 e. The van der Waals surface area contributed by atoms with Crippen LogP contribution in [0.15, 0.2) is 0 Å². The van der Waals surface area contributed by atoms with E-state index < -0.39 is 17.7 Å². The molecule has 0 aliphatic carbocycles. The Bertz CT molecular complexity index is 412. The van der Waals surface area contributed by atoms with E-state index in [2.05, 4.69) is 5.32 Å². The Morgan fingerprint density at radius 1 is 1.29 bits per heavy atom. The highest BCUT2D eigenvalue weighted by atomic mass is 16.6. The van der Waals surface area contributed by atoms with Crippen LogP contribution in [-0.2, 0) is 14.3 Å². The van der Waals surface area contributed by atoms with E-state index in [4.69, 9.17) is 9.47 Å². The van der Waals surface area contributed by atoms with Crippen molar-refractivity contribution >= 4 is 12.0 Å². The fourth-order valence-corrected chi connectivity index (χ4v) is 2.67. The Morgan fingerprint density at radius 2 is 1.96 bits per heavy atom. The third-order valence-electron chi connectivity index (χ3n) is 4.04. The van der Waals surface area contributed by atoms with E-state index in [-0.39, 0.29) is 17.9 Å². The molecule has 6 nitrogen and oxygen atoms in total. The van der Waals surface area contributed by atoms with Gasteiger partial charge in [-0.05, 0) is 52.4 Å². The zero-order chi connectivity index (χ0) is 18.3. The van der Waals surface area contributed by atoms with Gasteiger partial charge in [0.15, 0.2) is 0 Å². The molecule has 0 bridgehead atoms. The van der Waals surface area contributed by atoms with Crippen LogP contribution in [-0.4, -0.2) is 54.8 Å². The lowest BCUT2D eigenvalue weighted by Crippen LogP contribution is -2.51. The number of nitrogens with zero attached hydrogens (tertiary/aromatic N) is 1. The molecule has 1 saturated heterocycles. The van der Waals surface area contributed by atoms with Gasteiger partial charge in [0.2, 0.25) is 5.91 Å². The minimum Gasteiger partial charge on any atom is -0.444 e. The van der Waals surface area contributed by atoms with Gasteiger partial charge in [-0.3, -0.25) is 4.79 Å². The molecule has 0 spiro atoms. The predicted molar refractivity (Wildman–Crippen MR) is 93.8 cm³/mol. The normalized spacial score (nSPS) is 19.7. The minimum atomic E-state index is -0.586. The highest BCUT2D eigenvalue weighted by Gasteiger charge is 2.29. The van der Waals surface area contributed by atoms with Gasteiger partial charge in [0.05, 0.1) is 6.10 Å². The first-order chi connectivity index (χ1) is 11.1. The predicted octanol–water partition coefficient (Wildman–Crippen LogP) is 2.95. The Kier molecular flexibility index (Phi) is 8.00. The topological polar surface area (TPSA) is 67.9 Å². The summed E-state index contributed by atoms with van der Waals surface area (Å²) < 4.78 is 11.0. The van der Waals surface area contributed by atoms with Crippen LogP contribution in [0.2, 0.25) is 0 Å². The average molecular weight is 342 g/mol. The molecular formula is C18H34N2O4. The third-order valence-corrected chi connectivity index (χ3v) is 4.04. The number of alkyl carbamates (subject to hydrolysis) is 1. The summed E-state index contributed by atoms with van der Waals surface area (Å²) in [6.07, 6.45) is 3.90. The number of carbonyl (C=O) groups excluding carboxylic acids is 2. The Labute approximate surface area is 146 Å². The molecule has 0 aromatic heterocycles. The molecule has 2 unspecified atom stereocenters. The van der Waals surface area contributed by atoms with Crippen molar-refractivity contribution in [2.24, 2.45) is 5.92 Å². The smallest absolute Gasteiger partial charge is 0.408 e. The Balaban J connectivity index is 2.53. The first-order valence-electron chi connectivity index (χ1n) is 8.96. The zero-order valence-corrected chi connectivity index (χ0v) is 16.1.